The molecule has 1 aliphatic carbocycles. The minimum Gasteiger partial charge on any atom is -0.459 e. The Kier molecular flexibility index (Phi) is 4.64. The van der Waals surface area contributed by atoms with Crippen LogP contribution in [0.3, 0.4) is 0 Å². The molecule has 3 rings (SSSR count). The molecule has 0 saturated carbocycles. The number of aromatic nitrogens is 2. The number of rotatable bonds is 4. The number of ether oxygens (including phenoxy) is 1. The van der Waals surface area contributed by atoms with Crippen molar-refractivity contribution in [1.82, 2.24) is 9.97 Å². The number of benzene rings is 1. The third kappa shape index (κ3) is 3.64. The van der Waals surface area contributed by atoms with E-state index < -0.39 is 0 Å². The van der Waals surface area contributed by atoms with Crippen LogP contribution < -0.4 is 10.9 Å². The second-order valence-corrected chi connectivity index (χ2v) is 6.20. The van der Waals surface area contributed by atoms with E-state index >= 15 is 0 Å². The van der Waals surface area contributed by atoms with E-state index in [0.717, 1.165) is 42.6 Å². The van der Waals surface area contributed by atoms with Crippen LogP contribution in [0.25, 0.3) is 0 Å². The fourth-order valence-electron chi connectivity index (χ4n) is 2.77. The molecular formula is C18H21N3O3. The maximum Gasteiger partial charge on any atom is 0.338 e. The Bertz CT molecular complexity index is 794. The van der Waals surface area contributed by atoms with Gasteiger partial charge in [0.05, 0.1) is 17.4 Å². The molecule has 6 heteroatoms. The third-order valence-corrected chi connectivity index (χ3v) is 3.92. The van der Waals surface area contributed by atoms with E-state index in [9.17, 15) is 9.59 Å². The van der Waals surface area contributed by atoms with Crippen molar-refractivity contribution >= 4 is 17.6 Å². The van der Waals surface area contributed by atoms with E-state index in [1.807, 2.05) is 13.8 Å². The van der Waals surface area contributed by atoms with Crippen LogP contribution in [0.5, 0.6) is 0 Å². The number of esters is 1. The molecule has 1 aliphatic rings. The van der Waals surface area contributed by atoms with Crippen LogP contribution in [-0.2, 0) is 17.6 Å². The standard InChI is InChI=1S/C18H21N3O3/c1-11(2)24-17(23)12-7-9-13(10-8-12)19-18-20-15-6-4-3-5-14(15)16(22)21-18/h7-11H,3-6H2,1-2H3,(H2,19,20,21,22). The summed E-state index contributed by atoms with van der Waals surface area (Å²) in [7, 11) is 0. The summed E-state index contributed by atoms with van der Waals surface area (Å²) in [4.78, 5) is 31.2. The summed E-state index contributed by atoms with van der Waals surface area (Å²) in [6.45, 7) is 3.62. The lowest BCUT2D eigenvalue weighted by Crippen LogP contribution is -2.22. The Morgan fingerprint density at radius 2 is 1.92 bits per heavy atom. The molecule has 0 aliphatic heterocycles. The highest BCUT2D eigenvalue weighted by molar-refractivity contribution is 5.90. The van der Waals surface area contributed by atoms with Crippen molar-refractivity contribution < 1.29 is 9.53 Å². The van der Waals surface area contributed by atoms with Gasteiger partial charge in [0.15, 0.2) is 0 Å². The van der Waals surface area contributed by atoms with Gasteiger partial charge in [0.1, 0.15) is 0 Å². The van der Waals surface area contributed by atoms with Crippen molar-refractivity contribution in [3.8, 4) is 0 Å². The van der Waals surface area contributed by atoms with Gasteiger partial charge < -0.3 is 10.1 Å². The molecular weight excluding hydrogens is 306 g/mol. The highest BCUT2D eigenvalue weighted by atomic mass is 16.5. The highest BCUT2D eigenvalue weighted by Crippen LogP contribution is 2.19. The number of nitrogens with one attached hydrogen (secondary N) is 2. The molecule has 0 radical (unpaired) electrons. The Labute approximate surface area is 140 Å². The first-order valence-electron chi connectivity index (χ1n) is 8.23. The molecule has 0 saturated heterocycles. The van der Waals surface area contributed by atoms with E-state index in [2.05, 4.69) is 15.3 Å². The van der Waals surface area contributed by atoms with Crippen molar-refractivity contribution in [3.63, 3.8) is 0 Å². The van der Waals surface area contributed by atoms with Gasteiger partial charge in [0.25, 0.3) is 5.56 Å². The van der Waals surface area contributed by atoms with Gasteiger partial charge in [-0.1, -0.05) is 0 Å². The summed E-state index contributed by atoms with van der Waals surface area (Å²) in [6.07, 6.45) is 3.59. The molecule has 0 bridgehead atoms. The number of anilines is 2. The van der Waals surface area contributed by atoms with Crippen LogP contribution in [0.1, 0.15) is 48.3 Å². The van der Waals surface area contributed by atoms with E-state index in [1.165, 1.54) is 0 Å². The van der Waals surface area contributed by atoms with Gasteiger partial charge in [-0.25, -0.2) is 9.78 Å². The summed E-state index contributed by atoms with van der Waals surface area (Å²) in [5.74, 6) is 0.0787. The zero-order chi connectivity index (χ0) is 17.1. The maximum atomic E-state index is 12.1. The molecule has 24 heavy (non-hydrogen) atoms. The van der Waals surface area contributed by atoms with Gasteiger partial charge in [-0.2, -0.15) is 0 Å². The molecule has 0 spiro atoms. The normalized spacial score (nSPS) is 13.5. The van der Waals surface area contributed by atoms with E-state index in [1.54, 1.807) is 24.3 Å². The predicted molar refractivity (Wildman–Crippen MR) is 91.8 cm³/mol. The number of aromatic amines is 1. The van der Waals surface area contributed by atoms with E-state index in [-0.39, 0.29) is 17.6 Å². The van der Waals surface area contributed by atoms with Crippen LogP contribution in [-0.4, -0.2) is 22.0 Å². The molecule has 1 aromatic heterocycles. The lowest BCUT2D eigenvalue weighted by atomic mass is 9.97. The van der Waals surface area contributed by atoms with Gasteiger partial charge in [-0.3, -0.25) is 9.78 Å². The molecule has 2 N–H and O–H groups in total. The number of carbonyl (C=O) groups is 1. The minimum atomic E-state index is -0.350. The lowest BCUT2D eigenvalue weighted by molar-refractivity contribution is 0.0378. The molecule has 0 fully saturated rings. The van der Waals surface area contributed by atoms with Gasteiger partial charge in [0.2, 0.25) is 5.95 Å². The summed E-state index contributed by atoms with van der Waals surface area (Å²) in [6, 6.07) is 6.89. The second-order valence-electron chi connectivity index (χ2n) is 6.20. The fourth-order valence-corrected chi connectivity index (χ4v) is 2.77. The Morgan fingerprint density at radius 1 is 1.21 bits per heavy atom. The molecule has 1 aromatic carbocycles. The molecule has 1 heterocycles. The second kappa shape index (κ2) is 6.86. The largest absolute Gasteiger partial charge is 0.459 e. The molecule has 6 nitrogen and oxygen atoms in total. The molecule has 2 aromatic rings. The first-order chi connectivity index (χ1) is 11.5. The van der Waals surface area contributed by atoms with Crippen LogP contribution in [0, 0.1) is 0 Å². The van der Waals surface area contributed by atoms with Crippen molar-refractivity contribution in [3.05, 3.63) is 51.4 Å². The Hall–Kier alpha value is -2.63. The zero-order valence-electron chi connectivity index (χ0n) is 13.9. The molecule has 0 unspecified atom stereocenters. The molecule has 0 amide bonds. The SMILES string of the molecule is CC(C)OC(=O)c1ccc(Nc2nc3c(c(=O)[nH]2)CCCC3)cc1. The number of nitrogens with zero attached hydrogens (tertiary/aromatic N) is 1. The zero-order valence-corrected chi connectivity index (χ0v) is 13.9. The van der Waals surface area contributed by atoms with Gasteiger partial charge in [-0.05, 0) is 63.8 Å². The average molecular weight is 327 g/mol. The van der Waals surface area contributed by atoms with Crippen molar-refractivity contribution in [2.75, 3.05) is 5.32 Å². The topological polar surface area (TPSA) is 84.1 Å². The lowest BCUT2D eigenvalue weighted by Gasteiger charge is -2.15. The fraction of sp³-hybridized carbons (Fsp3) is 0.389. The molecule has 0 atom stereocenters. The predicted octanol–water partition coefficient (Wildman–Crippen LogP) is 2.96. The summed E-state index contributed by atoms with van der Waals surface area (Å²) < 4.78 is 5.15. The van der Waals surface area contributed by atoms with Crippen LogP contribution >= 0.6 is 0 Å². The quantitative estimate of drug-likeness (QED) is 0.844. The molecule has 126 valence electrons. The summed E-state index contributed by atoms with van der Waals surface area (Å²) >= 11 is 0. The summed E-state index contributed by atoms with van der Waals surface area (Å²) in [5.41, 5.74) is 2.85. The number of carbonyl (C=O) groups excluding carboxylic acids is 1. The number of H-pyrrole nitrogens is 1. The number of hydrogen-bond acceptors (Lipinski definition) is 5. The van der Waals surface area contributed by atoms with Gasteiger partial charge in [-0.15, -0.1) is 0 Å². The van der Waals surface area contributed by atoms with Crippen LogP contribution in [0.2, 0.25) is 0 Å². The minimum absolute atomic E-state index is 0.0701. The van der Waals surface area contributed by atoms with E-state index in [4.69, 9.17) is 4.74 Å². The van der Waals surface area contributed by atoms with Gasteiger partial charge in [0, 0.05) is 11.3 Å². The van der Waals surface area contributed by atoms with Crippen molar-refractivity contribution in [1.29, 1.82) is 0 Å². The first kappa shape index (κ1) is 16.2. The highest BCUT2D eigenvalue weighted by Gasteiger charge is 2.15. The Balaban J connectivity index is 1.76. The number of aryl methyl sites for hydroxylation is 1. The van der Waals surface area contributed by atoms with E-state index in [0.29, 0.717) is 11.5 Å². The average Bonchev–Trinajstić information content (AvgIpc) is 2.55. The smallest absolute Gasteiger partial charge is 0.338 e. The monoisotopic (exact) mass is 327 g/mol. The number of fused-ring (bicyclic) bond motifs is 1. The first-order valence-corrected chi connectivity index (χ1v) is 8.23. The summed E-state index contributed by atoms with van der Waals surface area (Å²) in [5, 5.41) is 3.08. The van der Waals surface area contributed by atoms with Crippen molar-refractivity contribution in [2.45, 2.75) is 45.6 Å². The van der Waals surface area contributed by atoms with Crippen molar-refractivity contribution in [2.24, 2.45) is 0 Å². The number of hydrogen-bond donors (Lipinski definition) is 2. The van der Waals surface area contributed by atoms with Gasteiger partial charge >= 0.3 is 5.97 Å². The third-order valence-electron chi connectivity index (χ3n) is 3.92. The van der Waals surface area contributed by atoms with Crippen LogP contribution in [0.4, 0.5) is 11.6 Å². The van der Waals surface area contributed by atoms with Crippen LogP contribution in [0.15, 0.2) is 29.1 Å². The Morgan fingerprint density at radius 3 is 2.62 bits per heavy atom. The maximum absolute atomic E-state index is 12.1.